The Morgan fingerprint density at radius 3 is 2.39 bits per heavy atom. The van der Waals surface area contributed by atoms with E-state index in [1.807, 2.05) is 37.3 Å². The monoisotopic (exact) mass is 462 g/mol. The molecule has 0 N–H and O–H groups in total. The van der Waals surface area contributed by atoms with E-state index in [-0.39, 0.29) is 4.90 Å². The maximum absolute atomic E-state index is 13.5. The standard InChI is InChI=1S/C22H24ClFN4O2S/c1-17-21(22(23)28(25-17)15-18-6-3-2-4-7-18)16-26-10-12-27(13-11-26)31(29,30)20-9-5-8-19(24)14-20/h2-9,14H,10-13,15-16H2,1H3. The van der Waals surface area contributed by atoms with Crippen molar-refractivity contribution in [3.8, 4) is 0 Å². The highest BCUT2D eigenvalue weighted by atomic mass is 35.5. The number of halogens is 2. The van der Waals surface area contributed by atoms with Crippen molar-refractivity contribution < 1.29 is 12.8 Å². The molecule has 1 aliphatic rings. The lowest BCUT2D eigenvalue weighted by Crippen LogP contribution is -2.48. The molecule has 0 aliphatic carbocycles. The predicted molar refractivity (Wildman–Crippen MR) is 118 cm³/mol. The molecule has 1 saturated heterocycles. The molecule has 9 heteroatoms. The van der Waals surface area contributed by atoms with Crippen molar-refractivity contribution in [3.05, 3.63) is 82.4 Å². The molecule has 164 valence electrons. The molecule has 0 spiro atoms. The highest BCUT2D eigenvalue weighted by Gasteiger charge is 2.29. The second-order valence-electron chi connectivity index (χ2n) is 7.64. The Morgan fingerprint density at radius 2 is 1.71 bits per heavy atom. The molecule has 0 amide bonds. The summed E-state index contributed by atoms with van der Waals surface area (Å²) in [5.41, 5.74) is 2.95. The van der Waals surface area contributed by atoms with Crippen LogP contribution >= 0.6 is 11.6 Å². The summed E-state index contributed by atoms with van der Waals surface area (Å²) in [6.07, 6.45) is 0. The van der Waals surface area contributed by atoms with E-state index in [1.54, 1.807) is 4.68 Å². The summed E-state index contributed by atoms with van der Waals surface area (Å²) in [4.78, 5) is 2.15. The molecular weight excluding hydrogens is 439 g/mol. The van der Waals surface area contributed by atoms with E-state index in [1.165, 1.54) is 22.5 Å². The average molecular weight is 463 g/mol. The van der Waals surface area contributed by atoms with Crippen molar-refractivity contribution in [2.75, 3.05) is 26.2 Å². The fourth-order valence-electron chi connectivity index (χ4n) is 3.76. The number of sulfonamides is 1. The van der Waals surface area contributed by atoms with Crippen molar-refractivity contribution in [2.45, 2.75) is 24.9 Å². The lowest BCUT2D eigenvalue weighted by atomic mass is 10.2. The smallest absolute Gasteiger partial charge is 0.243 e. The second-order valence-corrected chi connectivity index (χ2v) is 9.93. The molecule has 2 aromatic carbocycles. The zero-order valence-electron chi connectivity index (χ0n) is 17.2. The van der Waals surface area contributed by atoms with Crippen LogP contribution in [-0.4, -0.2) is 53.6 Å². The first kappa shape index (κ1) is 22.0. The van der Waals surface area contributed by atoms with Gasteiger partial charge in [-0.15, -0.1) is 0 Å². The number of nitrogens with zero attached hydrogens (tertiary/aromatic N) is 4. The van der Waals surface area contributed by atoms with Crippen LogP contribution in [-0.2, 0) is 23.1 Å². The maximum atomic E-state index is 13.5. The summed E-state index contributed by atoms with van der Waals surface area (Å²) in [7, 11) is -3.70. The molecule has 2 heterocycles. The number of aryl methyl sites for hydroxylation is 1. The normalized spacial score (nSPS) is 16.0. The molecule has 1 aliphatic heterocycles. The van der Waals surface area contributed by atoms with Crippen molar-refractivity contribution in [1.82, 2.24) is 19.0 Å². The van der Waals surface area contributed by atoms with E-state index in [2.05, 4.69) is 10.00 Å². The van der Waals surface area contributed by atoms with Crippen LogP contribution in [0.4, 0.5) is 4.39 Å². The van der Waals surface area contributed by atoms with Crippen LogP contribution in [0.3, 0.4) is 0 Å². The van der Waals surface area contributed by atoms with Gasteiger partial charge in [-0.3, -0.25) is 4.90 Å². The quantitative estimate of drug-likeness (QED) is 0.562. The van der Waals surface area contributed by atoms with E-state index in [0.717, 1.165) is 22.9 Å². The van der Waals surface area contributed by atoms with Gasteiger partial charge >= 0.3 is 0 Å². The molecule has 0 unspecified atom stereocenters. The van der Waals surface area contributed by atoms with Gasteiger partial charge in [0.05, 0.1) is 17.1 Å². The van der Waals surface area contributed by atoms with Crippen LogP contribution in [0.2, 0.25) is 5.15 Å². The highest BCUT2D eigenvalue weighted by molar-refractivity contribution is 7.89. The Labute approximate surface area is 186 Å². The lowest BCUT2D eigenvalue weighted by molar-refractivity contribution is 0.181. The van der Waals surface area contributed by atoms with Gasteiger partial charge in [-0.1, -0.05) is 48.0 Å². The van der Waals surface area contributed by atoms with E-state index < -0.39 is 15.8 Å². The number of hydrogen-bond acceptors (Lipinski definition) is 4. The van der Waals surface area contributed by atoms with Crippen LogP contribution in [0, 0.1) is 12.7 Å². The van der Waals surface area contributed by atoms with Crippen LogP contribution < -0.4 is 0 Å². The molecule has 31 heavy (non-hydrogen) atoms. The van der Waals surface area contributed by atoms with Gasteiger partial charge in [0.1, 0.15) is 11.0 Å². The summed E-state index contributed by atoms with van der Waals surface area (Å²) in [5.74, 6) is -0.558. The summed E-state index contributed by atoms with van der Waals surface area (Å²) in [6.45, 7) is 4.95. The molecule has 0 bridgehead atoms. The van der Waals surface area contributed by atoms with Gasteiger partial charge in [0.15, 0.2) is 0 Å². The molecule has 1 fully saturated rings. The molecule has 0 atom stereocenters. The molecular formula is C22H24ClFN4O2S. The van der Waals surface area contributed by atoms with Crippen molar-refractivity contribution in [1.29, 1.82) is 0 Å². The van der Waals surface area contributed by atoms with Gasteiger partial charge in [-0.05, 0) is 30.7 Å². The van der Waals surface area contributed by atoms with Crippen LogP contribution in [0.25, 0.3) is 0 Å². The summed E-state index contributed by atoms with van der Waals surface area (Å²) >= 11 is 6.63. The van der Waals surface area contributed by atoms with E-state index in [4.69, 9.17) is 11.6 Å². The maximum Gasteiger partial charge on any atom is 0.243 e. The van der Waals surface area contributed by atoms with Gasteiger partial charge in [0, 0.05) is 38.3 Å². The van der Waals surface area contributed by atoms with Gasteiger partial charge in [0.25, 0.3) is 0 Å². The fraction of sp³-hybridized carbons (Fsp3) is 0.318. The molecule has 0 radical (unpaired) electrons. The zero-order valence-corrected chi connectivity index (χ0v) is 18.8. The summed E-state index contributed by atoms with van der Waals surface area (Å²) in [6, 6.07) is 15.1. The first-order chi connectivity index (χ1) is 14.8. The Morgan fingerprint density at radius 1 is 1.00 bits per heavy atom. The predicted octanol–water partition coefficient (Wildman–Crippen LogP) is 3.54. The number of aromatic nitrogens is 2. The number of piperazine rings is 1. The van der Waals surface area contributed by atoms with Gasteiger partial charge in [-0.25, -0.2) is 17.5 Å². The summed E-state index contributed by atoms with van der Waals surface area (Å²) in [5, 5.41) is 5.20. The van der Waals surface area contributed by atoms with E-state index >= 15 is 0 Å². The third-order valence-corrected chi connectivity index (χ3v) is 7.82. The Hall–Kier alpha value is -2.26. The highest BCUT2D eigenvalue weighted by Crippen LogP contribution is 2.24. The van der Waals surface area contributed by atoms with E-state index in [0.29, 0.717) is 44.4 Å². The topological polar surface area (TPSA) is 58.4 Å². The van der Waals surface area contributed by atoms with Crippen LogP contribution in [0.15, 0.2) is 59.5 Å². The molecule has 4 rings (SSSR count). The Balaban J connectivity index is 1.41. The first-order valence-corrected chi connectivity index (χ1v) is 11.9. The molecule has 0 saturated carbocycles. The minimum Gasteiger partial charge on any atom is -0.296 e. The number of hydrogen-bond donors (Lipinski definition) is 0. The third-order valence-electron chi connectivity index (χ3n) is 5.51. The third kappa shape index (κ3) is 4.82. The lowest BCUT2D eigenvalue weighted by Gasteiger charge is -2.34. The Kier molecular flexibility index (Phi) is 6.43. The Bertz CT molecular complexity index is 1160. The minimum atomic E-state index is -3.70. The van der Waals surface area contributed by atoms with Crippen LogP contribution in [0.5, 0.6) is 0 Å². The van der Waals surface area contributed by atoms with Crippen molar-refractivity contribution in [2.24, 2.45) is 0 Å². The summed E-state index contributed by atoms with van der Waals surface area (Å²) < 4.78 is 42.3. The molecule has 1 aromatic heterocycles. The van der Waals surface area contributed by atoms with Gasteiger partial charge < -0.3 is 0 Å². The first-order valence-electron chi connectivity index (χ1n) is 10.1. The molecule has 6 nitrogen and oxygen atoms in total. The largest absolute Gasteiger partial charge is 0.296 e. The van der Waals surface area contributed by atoms with Crippen molar-refractivity contribution in [3.63, 3.8) is 0 Å². The number of benzene rings is 2. The zero-order chi connectivity index (χ0) is 22.0. The number of rotatable bonds is 6. The molecule has 3 aromatic rings. The SMILES string of the molecule is Cc1nn(Cc2ccccc2)c(Cl)c1CN1CCN(S(=O)(=O)c2cccc(F)c2)CC1. The minimum absolute atomic E-state index is 0.0120. The second kappa shape index (κ2) is 9.08. The van der Waals surface area contributed by atoms with Gasteiger partial charge in [0.2, 0.25) is 10.0 Å². The van der Waals surface area contributed by atoms with Gasteiger partial charge in [-0.2, -0.15) is 9.40 Å². The van der Waals surface area contributed by atoms with Crippen LogP contribution in [0.1, 0.15) is 16.8 Å². The van der Waals surface area contributed by atoms with E-state index in [9.17, 15) is 12.8 Å². The fourth-order valence-corrected chi connectivity index (χ4v) is 5.51. The average Bonchev–Trinajstić information content (AvgIpc) is 3.02. The van der Waals surface area contributed by atoms with Crippen molar-refractivity contribution >= 4 is 21.6 Å².